The second-order valence-corrected chi connectivity index (χ2v) is 10.9. The van der Waals surface area contributed by atoms with Crippen LogP contribution in [0.5, 0.6) is 0 Å². The summed E-state index contributed by atoms with van der Waals surface area (Å²) in [4.78, 5) is 15.5. The van der Waals surface area contributed by atoms with Crippen molar-refractivity contribution in [2.24, 2.45) is 11.8 Å². The summed E-state index contributed by atoms with van der Waals surface area (Å²) in [5.74, 6) is 1.27. The molecule has 1 spiro atoms. The van der Waals surface area contributed by atoms with Crippen molar-refractivity contribution in [2.45, 2.75) is 62.6 Å². The van der Waals surface area contributed by atoms with Crippen LogP contribution >= 0.6 is 0 Å². The molecular weight excluding hydrogens is 374 g/mol. The van der Waals surface area contributed by atoms with Gasteiger partial charge in [0.05, 0.1) is 16.6 Å². The third-order valence-corrected chi connectivity index (χ3v) is 8.21. The zero-order valence-electron chi connectivity index (χ0n) is 16.8. The van der Waals surface area contributed by atoms with Crippen LogP contribution in [0, 0.1) is 11.8 Å². The van der Waals surface area contributed by atoms with Crippen LogP contribution < -0.4 is 5.32 Å². The van der Waals surface area contributed by atoms with Crippen LogP contribution in [-0.4, -0.2) is 54.9 Å². The first-order valence-electron chi connectivity index (χ1n) is 10.5. The van der Waals surface area contributed by atoms with E-state index < -0.39 is 10.0 Å². The monoisotopic (exact) mass is 405 g/mol. The maximum atomic E-state index is 13.1. The molecule has 154 valence electrons. The van der Waals surface area contributed by atoms with Gasteiger partial charge in [-0.1, -0.05) is 32.0 Å². The summed E-state index contributed by atoms with van der Waals surface area (Å²) in [6.07, 6.45) is 4.51. The summed E-state index contributed by atoms with van der Waals surface area (Å²) in [5, 5.41) is 3.64. The quantitative estimate of drug-likeness (QED) is 0.789. The Morgan fingerprint density at radius 1 is 1.14 bits per heavy atom. The van der Waals surface area contributed by atoms with Crippen LogP contribution in [0.3, 0.4) is 0 Å². The zero-order valence-corrected chi connectivity index (χ0v) is 17.6. The van der Waals surface area contributed by atoms with Crippen molar-refractivity contribution in [3.63, 3.8) is 0 Å². The molecule has 2 saturated heterocycles. The van der Waals surface area contributed by atoms with Crippen LogP contribution in [0.15, 0.2) is 35.2 Å². The van der Waals surface area contributed by atoms with E-state index >= 15 is 0 Å². The van der Waals surface area contributed by atoms with E-state index in [-0.39, 0.29) is 17.6 Å². The average Bonchev–Trinajstić information content (AvgIpc) is 3.46. The van der Waals surface area contributed by atoms with Gasteiger partial charge in [0.2, 0.25) is 15.9 Å². The maximum absolute atomic E-state index is 13.1. The summed E-state index contributed by atoms with van der Waals surface area (Å²) >= 11 is 0. The van der Waals surface area contributed by atoms with Gasteiger partial charge in [0.15, 0.2) is 0 Å². The Morgan fingerprint density at radius 2 is 1.79 bits per heavy atom. The molecule has 0 bridgehead atoms. The number of nitrogens with one attached hydrogen (secondary N) is 1. The largest absolute Gasteiger partial charge is 0.323 e. The molecule has 1 saturated carbocycles. The van der Waals surface area contributed by atoms with Crippen molar-refractivity contribution in [3.8, 4) is 0 Å². The Bertz CT molecular complexity index is 813. The highest BCUT2D eigenvalue weighted by Crippen LogP contribution is 2.39. The first kappa shape index (κ1) is 19.9. The molecule has 0 unspecified atom stereocenters. The number of sulfonamides is 1. The molecule has 0 aromatic heterocycles. The highest BCUT2D eigenvalue weighted by Gasteiger charge is 2.53. The molecule has 2 heterocycles. The van der Waals surface area contributed by atoms with Gasteiger partial charge in [0, 0.05) is 19.6 Å². The lowest BCUT2D eigenvalue weighted by Gasteiger charge is -2.44. The number of nitrogens with zero attached hydrogens (tertiary/aromatic N) is 2. The molecule has 1 atom stereocenters. The number of hydrogen-bond donors (Lipinski definition) is 1. The van der Waals surface area contributed by atoms with Crippen molar-refractivity contribution < 1.29 is 13.2 Å². The number of carbonyl (C=O) groups is 1. The zero-order chi connectivity index (χ0) is 19.9. The van der Waals surface area contributed by atoms with Crippen molar-refractivity contribution in [3.05, 3.63) is 30.3 Å². The second kappa shape index (κ2) is 7.43. The van der Waals surface area contributed by atoms with E-state index in [2.05, 4.69) is 24.1 Å². The van der Waals surface area contributed by atoms with Crippen molar-refractivity contribution in [1.29, 1.82) is 0 Å². The van der Waals surface area contributed by atoms with Crippen LogP contribution in [0.4, 0.5) is 0 Å². The molecular formula is C21H31N3O3S. The van der Waals surface area contributed by atoms with Crippen molar-refractivity contribution in [2.75, 3.05) is 19.6 Å². The smallest absolute Gasteiger partial charge is 0.243 e. The van der Waals surface area contributed by atoms with Gasteiger partial charge in [-0.2, -0.15) is 4.31 Å². The number of amides is 1. The highest BCUT2D eigenvalue weighted by molar-refractivity contribution is 7.89. The topological polar surface area (TPSA) is 69.7 Å². The molecule has 1 amide bonds. The first-order chi connectivity index (χ1) is 13.3. The molecule has 4 rings (SSSR count). The molecule has 6 nitrogen and oxygen atoms in total. The van der Waals surface area contributed by atoms with Crippen LogP contribution in [0.2, 0.25) is 0 Å². The van der Waals surface area contributed by atoms with Gasteiger partial charge < -0.3 is 4.90 Å². The van der Waals surface area contributed by atoms with Crippen molar-refractivity contribution >= 4 is 15.9 Å². The van der Waals surface area contributed by atoms with E-state index in [0.717, 1.165) is 13.0 Å². The molecule has 0 radical (unpaired) electrons. The predicted octanol–water partition coefficient (Wildman–Crippen LogP) is 2.42. The second-order valence-electron chi connectivity index (χ2n) is 8.97. The predicted molar refractivity (Wildman–Crippen MR) is 108 cm³/mol. The average molecular weight is 406 g/mol. The van der Waals surface area contributed by atoms with Crippen LogP contribution in [-0.2, 0) is 14.8 Å². The van der Waals surface area contributed by atoms with E-state index in [1.54, 1.807) is 28.6 Å². The molecule has 28 heavy (non-hydrogen) atoms. The molecule has 3 aliphatic rings. The molecule has 1 aromatic rings. The van der Waals surface area contributed by atoms with E-state index in [4.69, 9.17) is 0 Å². The Hall–Kier alpha value is -1.44. The summed E-state index contributed by atoms with van der Waals surface area (Å²) < 4.78 is 27.5. The standard InChI is InChI=1S/C21H31N3O3S/c1-16(2)14-19-20(25)24(15-17-8-9-17)21(22-19)10-12-23(13-11-21)28(26,27)18-6-4-3-5-7-18/h3-7,16-17,19,22H,8-15H2,1-2H3/t19-/m0/s1. The Balaban J connectivity index is 1.51. The molecule has 7 heteroatoms. The highest BCUT2D eigenvalue weighted by atomic mass is 32.2. The number of hydrogen-bond acceptors (Lipinski definition) is 4. The third-order valence-electron chi connectivity index (χ3n) is 6.30. The Morgan fingerprint density at radius 3 is 2.36 bits per heavy atom. The Labute approximate surface area is 168 Å². The normalized spacial score (nSPS) is 25.8. The van der Waals surface area contributed by atoms with Gasteiger partial charge in [-0.05, 0) is 56.1 Å². The SMILES string of the molecule is CC(C)C[C@@H]1NC2(CCN(S(=O)(=O)c3ccccc3)CC2)N(CC2CC2)C1=O. The maximum Gasteiger partial charge on any atom is 0.243 e. The minimum atomic E-state index is -3.48. The lowest BCUT2D eigenvalue weighted by atomic mass is 9.96. The third kappa shape index (κ3) is 3.72. The van der Waals surface area contributed by atoms with Gasteiger partial charge in [-0.3, -0.25) is 10.1 Å². The van der Waals surface area contributed by atoms with Crippen LogP contribution in [0.25, 0.3) is 0 Å². The van der Waals surface area contributed by atoms with E-state index in [1.807, 2.05) is 6.07 Å². The van der Waals surface area contributed by atoms with Gasteiger partial charge >= 0.3 is 0 Å². The van der Waals surface area contributed by atoms with Crippen LogP contribution in [0.1, 0.15) is 46.0 Å². The fraction of sp³-hybridized carbons (Fsp3) is 0.667. The number of rotatable bonds is 6. The first-order valence-corrected chi connectivity index (χ1v) is 11.9. The number of carbonyl (C=O) groups excluding carboxylic acids is 1. The minimum absolute atomic E-state index is 0.143. The lowest BCUT2D eigenvalue weighted by Crippen LogP contribution is -2.59. The van der Waals surface area contributed by atoms with Gasteiger partial charge in [-0.15, -0.1) is 0 Å². The van der Waals surface area contributed by atoms with Gasteiger partial charge in [-0.25, -0.2) is 8.42 Å². The van der Waals surface area contributed by atoms with Gasteiger partial charge in [0.1, 0.15) is 0 Å². The molecule has 1 N–H and O–H groups in total. The molecule has 1 aliphatic carbocycles. The van der Waals surface area contributed by atoms with E-state index in [1.165, 1.54) is 12.8 Å². The molecule has 3 fully saturated rings. The minimum Gasteiger partial charge on any atom is -0.323 e. The fourth-order valence-electron chi connectivity index (χ4n) is 4.57. The fourth-order valence-corrected chi connectivity index (χ4v) is 6.03. The Kier molecular flexibility index (Phi) is 5.27. The van der Waals surface area contributed by atoms with Crippen molar-refractivity contribution in [1.82, 2.24) is 14.5 Å². The molecule has 2 aliphatic heterocycles. The number of piperidine rings is 1. The van der Waals surface area contributed by atoms with Gasteiger partial charge in [0.25, 0.3) is 0 Å². The lowest BCUT2D eigenvalue weighted by molar-refractivity contribution is -0.133. The number of benzene rings is 1. The summed E-state index contributed by atoms with van der Waals surface area (Å²) in [7, 11) is -3.48. The van der Waals surface area contributed by atoms with E-state index in [0.29, 0.717) is 42.7 Å². The molecule has 1 aromatic carbocycles. The van der Waals surface area contributed by atoms with E-state index in [9.17, 15) is 13.2 Å². The summed E-state index contributed by atoms with van der Waals surface area (Å²) in [6, 6.07) is 8.48. The summed E-state index contributed by atoms with van der Waals surface area (Å²) in [5.41, 5.74) is -0.387. The summed E-state index contributed by atoms with van der Waals surface area (Å²) in [6.45, 7) is 5.96.